The highest BCUT2D eigenvalue weighted by molar-refractivity contribution is 14.1. The lowest BCUT2D eigenvalue weighted by Crippen LogP contribution is -2.22. The van der Waals surface area contributed by atoms with Gasteiger partial charge in [0.05, 0.1) is 0 Å². The van der Waals surface area contributed by atoms with Crippen molar-refractivity contribution in [2.24, 2.45) is 5.73 Å². The zero-order valence-electron chi connectivity index (χ0n) is 4.16. The third-order valence-corrected chi connectivity index (χ3v) is 0.926. The van der Waals surface area contributed by atoms with Crippen LogP contribution in [0.3, 0.4) is 0 Å². The van der Waals surface area contributed by atoms with Crippen molar-refractivity contribution in [3.63, 3.8) is 0 Å². The van der Waals surface area contributed by atoms with Gasteiger partial charge >= 0.3 is 0 Å². The van der Waals surface area contributed by atoms with Crippen molar-refractivity contribution in [3.05, 3.63) is 0 Å². The van der Waals surface area contributed by atoms with E-state index in [1.54, 1.807) is 0 Å². The highest BCUT2D eigenvalue weighted by atomic mass is 127. The zero-order valence-corrected chi connectivity index (χ0v) is 6.32. The van der Waals surface area contributed by atoms with Crippen molar-refractivity contribution in [1.82, 2.24) is 0 Å². The van der Waals surface area contributed by atoms with E-state index in [2.05, 4.69) is 36.4 Å². The monoisotopic (exact) mass is 199 g/mol. The first-order chi connectivity index (χ1) is 2.56. The number of alkyl halides is 1. The van der Waals surface area contributed by atoms with Crippen molar-refractivity contribution in [3.8, 4) is 0 Å². The summed E-state index contributed by atoms with van der Waals surface area (Å²) in [7, 11) is 0. The standard InChI is InChI=1S/C4H10IN/c1-4(2,5)3-6/h3,6H2,1-2H3. The van der Waals surface area contributed by atoms with E-state index in [4.69, 9.17) is 5.73 Å². The van der Waals surface area contributed by atoms with Crippen LogP contribution in [0.1, 0.15) is 13.8 Å². The van der Waals surface area contributed by atoms with Gasteiger partial charge < -0.3 is 5.73 Å². The van der Waals surface area contributed by atoms with Gasteiger partial charge in [-0.05, 0) is 13.8 Å². The van der Waals surface area contributed by atoms with E-state index in [0.717, 1.165) is 6.54 Å². The molecule has 0 spiro atoms. The summed E-state index contributed by atoms with van der Waals surface area (Å²) < 4.78 is 0.289. The Labute approximate surface area is 52.4 Å². The fraction of sp³-hybridized carbons (Fsp3) is 1.00. The predicted molar refractivity (Wildman–Crippen MR) is 37.2 cm³/mol. The van der Waals surface area contributed by atoms with Gasteiger partial charge in [0.15, 0.2) is 0 Å². The van der Waals surface area contributed by atoms with Crippen molar-refractivity contribution in [2.45, 2.75) is 17.3 Å². The molecule has 0 aromatic rings. The van der Waals surface area contributed by atoms with E-state index >= 15 is 0 Å². The number of halogens is 1. The lowest BCUT2D eigenvalue weighted by molar-refractivity contribution is 0.759. The molecule has 0 aromatic carbocycles. The van der Waals surface area contributed by atoms with Crippen LogP contribution in [0.4, 0.5) is 0 Å². The van der Waals surface area contributed by atoms with Gasteiger partial charge in [-0.3, -0.25) is 0 Å². The Morgan fingerprint density at radius 2 is 1.83 bits per heavy atom. The Morgan fingerprint density at radius 1 is 1.67 bits per heavy atom. The first-order valence-corrected chi connectivity index (χ1v) is 3.03. The zero-order chi connectivity index (χ0) is 5.21. The molecule has 0 fully saturated rings. The molecule has 1 nitrogen and oxygen atoms in total. The van der Waals surface area contributed by atoms with Gasteiger partial charge in [0, 0.05) is 9.97 Å². The molecular weight excluding hydrogens is 189 g/mol. The van der Waals surface area contributed by atoms with Gasteiger partial charge in [-0.15, -0.1) is 0 Å². The molecule has 2 N–H and O–H groups in total. The molecular formula is C4H10IN. The van der Waals surface area contributed by atoms with Gasteiger partial charge in [0.2, 0.25) is 0 Å². The fourth-order valence-electron chi connectivity index (χ4n) is 0. The summed E-state index contributed by atoms with van der Waals surface area (Å²) in [5.41, 5.74) is 5.30. The van der Waals surface area contributed by atoms with Gasteiger partial charge in [0.1, 0.15) is 0 Å². The van der Waals surface area contributed by atoms with E-state index in [-0.39, 0.29) is 3.42 Å². The van der Waals surface area contributed by atoms with E-state index in [0.29, 0.717) is 0 Å². The highest BCUT2D eigenvalue weighted by Gasteiger charge is 2.06. The van der Waals surface area contributed by atoms with Crippen LogP contribution >= 0.6 is 22.6 Å². The minimum absolute atomic E-state index is 0.289. The molecule has 2 heteroatoms. The molecule has 0 saturated carbocycles. The van der Waals surface area contributed by atoms with E-state index in [9.17, 15) is 0 Å². The molecule has 0 aliphatic carbocycles. The van der Waals surface area contributed by atoms with Gasteiger partial charge in [-0.25, -0.2) is 0 Å². The van der Waals surface area contributed by atoms with Crippen LogP contribution in [0.15, 0.2) is 0 Å². The van der Waals surface area contributed by atoms with E-state index < -0.39 is 0 Å². The molecule has 0 unspecified atom stereocenters. The lowest BCUT2D eigenvalue weighted by Gasteiger charge is -2.09. The first-order valence-electron chi connectivity index (χ1n) is 1.95. The largest absolute Gasteiger partial charge is 0.329 e. The summed E-state index contributed by atoms with van der Waals surface area (Å²) in [6, 6.07) is 0. The normalized spacial score (nSPS) is 12.0. The number of nitrogens with two attached hydrogens (primary N) is 1. The number of hydrogen-bond donors (Lipinski definition) is 1. The minimum Gasteiger partial charge on any atom is -0.329 e. The smallest absolute Gasteiger partial charge is 0.0288 e. The molecule has 6 heavy (non-hydrogen) atoms. The summed E-state index contributed by atoms with van der Waals surface area (Å²) >= 11 is 2.32. The van der Waals surface area contributed by atoms with Crippen LogP contribution < -0.4 is 5.73 Å². The Kier molecular flexibility index (Phi) is 2.36. The molecule has 0 saturated heterocycles. The second kappa shape index (κ2) is 2.12. The Bertz CT molecular complexity index is 37.3. The Balaban J connectivity index is 3.17. The van der Waals surface area contributed by atoms with Crippen molar-refractivity contribution in [2.75, 3.05) is 6.54 Å². The van der Waals surface area contributed by atoms with Crippen molar-refractivity contribution >= 4 is 22.6 Å². The quantitative estimate of drug-likeness (QED) is 0.497. The average Bonchev–Trinajstić information content (AvgIpc) is 1.35. The van der Waals surface area contributed by atoms with E-state index in [1.807, 2.05) is 0 Å². The van der Waals surface area contributed by atoms with Crippen LogP contribution in [-0.2, 0) is 0 Å². The van der Waals surface area contributed by atoms with Crippen LogP contribution in [0.5, 0.6) is 0 Å². The average molecular weight is 199 g/mol. The second-order valence-corrected chi connectivity index (χ2v) is 4.84. The topological polar surface area (TPSA) is 26.0 Å². The summed E-state index contributed by atoms with van der Waals surface area (Å²) in [5.74, 6) is 0. The molecule has 0 radical (unpaired) electrons. The maximum atomic E-state index is 5.30. The maximum absolute atomic E-state index is 5.30. The summed E-state index contributed by atoms with van der Waals surface area (Å²) in [6.07, 6.45) is 0. The molecule has 0 heterocycles. The minimum atomic E-state index is 0.289. The summed E-state index contributed by atoms with van der Waals surface area (Å²) in [5, 5.41) is 0. The van der Waals surface area contributed by atoms with Gasteiger partial charge in [0.25, 0.3) is 0 Å². The molecule has 0 bridgehead atoms. The third-order valence-electron chi connectivity index (χ3n) is 0.485. The molecule has 0 aromatic heterocycles. The van der Waals surface area contributed by atoms with Gasteiger partial charge in [-0.2, -0.15) is 0 Å². The molecule has 0 atom stereocenters. The van der Waals surface area contributed by atoms with Crippen LogP contribution in [-0.4, -0.2) is 9.97 Å². The summed E-state index contributed by atoms with van der Waals surface area (Å²) in [6.45, 7) is 4.97. The Hall–Kier alpha value is 0.690. The Morgan fingerprint density at radius 3 is 1.83 bits per heavy atom. The molecule has 0 aliphatic heterocycles. The highest BCUT2D eigenvalue weighted by Crippen LogP contribution is 2.12. The molecule has 0 aliphatic rings. The van der Waals surface area contributed by atoms with Crippen molar-refractivity contribution < 1.29 is 0 Å². The van der Waals surface area contributed by atoms with Crippen LogP contribution in [0, 0.1) is 0 Å². The molecule has 38 valence electrons. The number of hydrogen-bond acceptors (Lipinski definition) is 1. The molecule has 0 rings (SSSR count). The first kappa shape index (κ1) is 6.69. The lowest BCUT2D eigenvalue weighted by atomic mass is 10.2. The van der Waals surface area contributed by atoms with Gasteiger partial charge in [-0.1, -0.05) is 22.6 Å². The summed E-state index contributed by atoms with van der Waals surface area (Å²) in [4.78, 5) is 0. The third kappa shape index (κ3) is 4.69. The van der Waals surface area contributed by atoms with Crippen LogP contribution in [0.2, 0.25) is 0 Å². The predicted octanol–water partition coefficient (Wildman–Crippen LogP) is 1.16. The van der Waals surface area contributed by atoms with Crippen LogP contribution in [0.25, 0.3) is 0 Å². The van der Waals surface area contributed by atoms with E-state index in [1.165, 1.54) is 0 Å². The maximum Gasteiger partial charge on any atom is 0.0288 e. The number of rotatable bonds is 1. The molecule has 0 amide bonds. The fourth-order valence-corrected chi connectivity index (χ4v) is 0. The second-order valence-electron chi connectivity index (χ2n) is 1.92. The van der Waals surface area contributed by atoms with Crippen molar-refractivity contribution in [1.29, 1.82) is 0 Å². The SMILES string of the molecule is CC(C)(I)CN.